The van der Waals surface area contributed by atoms with Gasteiger partial charge in [0, 0.05) is 36.2 Å². The Morgan fingerprint density at radius 2 is 2.20 bits per heavy atom. The van der Waals surface area contributed by atoms with Crippen molar-refractivity contribution in [2.75, 3.05) is 19.7 Å². The maximum atomic E-state index is 6.10. The lowest BCUT2D eigenvalue weighted by molar-refractivity contribution is -0.0268. The van der Waals surface area contributed by atoms with Gasteiger partial charge in [0.2, 0.25) is 0 Å². The van der Waals surface area contributed by atoms with E-state index in [1.807, 2.05) is 12.3 Å². The number of para-hydroxylation sites is 1. The van der Waals surface area contributed by atoms with E-state index in [0.717, 1.165) is 31.6 Å². The van der Waals surface area contributed by atoms with Crippen LogP contribution in [0.1, 0.15) is 31.4 Å². The largest absolute Gasteiger partial charge is 0.373 e. The number of hydrogen-bond acceptors (Lipinski definition) is 3. The fraction of sp³-hybridized carbons (Fsp3) is 0.471. The van der Waals surface area contributed by atoms with Gasteiger partial charge in [-0.25, -0.2) is 0 Å². The Hall–Kier alpha value is -1.45. The van der Waals surface area contributed by atoms with Crippen molar-refractivity contribution in [2.24, 2.45) is 5.92 Å². The molecule has 1 fully saturated rings. The van der Waals surface area contributed by atoms with Crippen molar-refractivity contribution >= 4 is 10.9 Å². The zero-order valence-electron chi connectivity index (χ0n) is 12.0. The number of rotatable bonds is 4. The van der Waals surface area contributed by atoms with E-state index in [2.05, 4.69) is 41.5 Å². The van der Waals surface area contributed by atoms with Gasteiger partial charge in [-0.05, 0) is 25.5 Å². The van der Waals surface area contributed by atoms with Gasteiger partial charge in [0.1, 0.15) is 0 Å². The molecule has 20 heavy (non-hydrogen) atoms. The number of benzene rings is 1. The van der Waals surface area contributed by atoms with Crippen LogP contribution in [-0.4, -0.2) is 24.7 Å². The number of fused-ring (bicyclic) bond motifs is 1. The first-order chi connectivity index (χ1) is 9.90. The molecule has 0 aliphatic carbocycles. The fourth-order valence-corrected chi connectivity index (χ4v) is 3.08. The van der Waals surface area contributed by atoms with Gasteiger partial charge < -0.3 is 10.1 Å². The second-order valence-electron chi connectivity index (χ2n) is 5.42. The summed E-state index contributed by atoms with van der Waals surface area (Å²) in [6.07, 6.45) is 4.42. The zero-order chi connectivity index (χ0) is 13.8. The first-order valence-electron chi connectivity index (χ1n) is 7.56. The number of hydrogen-bond donors (Lipinski definition) is 1. The first-order valence-corrected chi connectivity index (χ1v) is 7.56. The SMILES string of the molecule is CCNCC1CCCOC1c1cccc2cccnc12. The molecule has 2 atom stereocenters. The summed E-state index contributed by atoms with van der Waals surface area (Å²) >= 11 is 0. The summed E-state index contributed by atoms with van der Waals surface area (Å²) in [7, 11) is 0. The molecular formula is C17H22N2O. The van der Waals surface area contributed by atoms with Crippen molar-refractivity contribution in [2.45, 2.75) is 25.9 Å². The van der Waals surface area contributed by atoms with Gasteiger partial charge in [-0.1, -0.05) is 31.2 Å². The second kappa shape index (κ2) is 6.33. The number of aromatic nitrogens is 1. The summed E-state index contributed by atoms with van der Waals surface area (Å²) in [6.45, 7) is 5.04. The molecular weight excluding hydrogens is 248 g/mol. The maximum Gasteiger partial charge on any atom is 0.0886 e. The topological polar surface area (TPSA) is 34.1 Å². The normalized spacial score (nSPS) is 23.1. The van der Waals surface area contributed by atoms with E-state index in [-0.39, 0.29) is 6.10 Å². The standard InChI is InChI=1S/C17H22N2O/c1-2-18-12-14-8-5-11-20-17(14)15-9-3-6-13-7-4-10-19-16(13)15/h3-4,6-7,9-10,14,17-18H,2,5,8,11-12H2,1H3. The molecule has 1 N–H and O–H groups in total. The molecule has 3 nitrogen and oxygen atoms in total. The van der Waals surface area contributed by atoms with Gasteiger partial charge in [0.15, 0.2) is 0 Å². The Labute approximate surface area is 120 Å². The van der Waals surface area contributed by atoms with Crippen LogP contribution in [0.5, 0.6) is 0 Å². The molecule has 106 valence electrons. The van der Waals surface area contributed by atoms with Crippen molar-refractivity contribution in [1.29, 1.82) is 0 Å². The molecule has 0 spiro atoms. The Bertz CT molecular complexity index is 564. The van der Waals surface area contributed by atoms with Crippen LogP contribution in [0.25, 0.3) is 10.9 Å². The summed E-state index contributed by atoms with van der Waals surface area (Å²) in [5.41, 5.74) is 2.33. The first kappa shape index (κ1) is 13.5. The second-order valence-corrected chi connectivity index (χ2v) is 5.42. The van der Waals surface area contributed by atoms with Crippen molar-refractivity contribution in [3.63, 3.8) is 0 Å². The van der Waals surface area contributed by atoms with Crippen molar-refractivity contribution in [3.8, 4) is 0 Å². The zero-order valence-corrected chi connectivity index (χ0v) is 12.0. The van der Waals surface area contributed by atoms with Gasteiger partial charge >= 0.3 is 0 Å². The average molecular weight is 270 g/mol. The fourth-order valence-electron chi connectivity index (χ4n) is 3.08. The van der Waals surface area contributed by atoms with Crippen LogP contribution in [0, 0.1) is 5.92 Å². The van der Waals surface area contributed by atoms with Crippen LogP contribution in [0.15, 0.2) is 36.5 Å². The number of nitrogens with one attached hydrogen (secondary N) is 1. The average Bonchev–Trinajstić information content (AvgIpc) is 2.53. The number of pyridine rings is 1. The molecule has 3 heteroatoms. The Kier molecular flexibility index (Phi) is 4.28. The lowest BCUT2D eigenvalue weighted by Crippen LogP contribution is -2.32. The van der Waals surface area contributed by atoms with E-state index in [1.165, 1.54) is 17.4 Å². The van der Waals surface area contributed by atoms with Crippen LogP contribution >= 0.6 is 0 Å². The van der Waals surface area contributed by atoms with Gasteiger partial charge in [0.05, 0.1) is 11.6 Å². The van der Waals surface area contributed by atoms with Crippen molar-refractivity contribution in [1.82, 2.24) is 10.3 Å². The highest BCUT2D eigenvalue weighted by Gasteiger charge is 2.28. The van der Waals surface area contributed by atoms with Gasteiger partial charge in [-0.15, -0.1) is 0 Å². The molecule has 0 amide bonds. The summed E-state index contributed by atoms with van der Waals surface area (Å²) < 4.78 is 6.10. The highest BCUT2D eigenvalue weighted by Crippen LogP contribution is 2.36. The van der Waals surface area contributed by atoms with Gasteiger partial charge in [-0.3, -0.25) is 4.98 Å². The molecule has 2 unspecified atom stereocenters. The van der Waals surface area contributed by atoms with E-state index >= 15 is 0 Å². The minimum Gasteiger partial charge on any atom is -0.373 e. The molecule has 1 saturated heterocycles. The summed E-state index contributed by atoms with van der Waals surface area (Å²) in [6, 6.07) is 10.5. The Morgan fingerprint density at radius 1 is 1.30 bits per heavy atom. The van der Waals surface area contributed by atoms with Crippen LogP contribution in [0.2, 0.25) is 0 Å². The van der Waals surface area contributed by atoms with E-state index in [9.17, 15) is 0 Å². The number of ether oxygens (including phenoxy) is 1. The van der Waals surface area contributed by atoms with E-state index in [0.29, 0.717) is 5.92 Å². The molecule has 1 aliphatic rings. The third-order valence-corrected chi connectivity index (χ3v) is 4.07. The quantitative estimate of drug-likeness (QED) is 0.925. The van der Waals surface area contributed by atoms with E-state index < -0.39 is 0 Å². The lowest BCUT2D eigenvalue weighted by atomic mass is 9.88. The van der Waals surface area contributed by atoms with E-state index in [4.69, 9.17) is 4.74 Å². The Morgan fingerprint density at radius 3 is 3.10 bits per heavy atom. The highest BCUT2D eigenvalue weighted by atomic mass is 16.5. The monoisotopic (exact) mass is 270 g/mol. The highest BCUT2D eigenvalue weighted by molar-refractivity contribution is 5.81. The molecule has 0 saturated carbocycles. The van der Waals surface area contributed by atoms with Crippen molar-refractivity contribution < 1.29 is 4.74 Å². The van der Waals surface area contributed by atoms with Crippen LogP contribution in [0.4, 0.5) is 0 Å². The molecule has 2 aromatic rings. The molecule has 1 aromatic heterocycles. The van der Waals surface area contributed by atoms with Crippen molar-refractivity contribution in [3.05, 3.63) is 42.1 Å². The summed E-state index contributed by atoms with van der Waals surface area (Å²) in [4.78, 5) is 4.57. The summed E-state index contributed by atoms with van der Waals surface area (Å²) in [5, 5.41) is 4.66. The van der Waals surface area contributed by atoms with Gasteiger partial charge in [0.25, 0.3) is 0 Å². The minimum absolute atomic E-state index is 0.168. The predicted octanol–water partition coefficient (Wildman–Crippen LogP) is 3.31. The van der Waals surface area contributed by atoms with Crippen LogP contribution in [-0.2, 0) is 4.74 Å². The van der Waals surface area contributed by atoms with Crippen LogP contribution in [0.3, 0.4) is 0 Å². The molecule has 3 rings (SSSR count). The maximum absolute atomic E-state index is 6.10. The summed E-state index contributed by atoms with van der Waals surface area (Å²) in [5.74, 6) is 0.538. The molecule has 2 heterocycles. The lowest BCUT2D eigenvalue weighted by Gasteiger charge is -2.32. The smallest absolute Gasteiger partial charge is 0.0886 e. The Balaban J connectivity index is 1.95. The number of nitrogens with zero attached hydrogens (tertiary/aromatic N) is 1. The van der Waals surface area contributed by atoms with Gasteiger partial charge in [-0.2, -0.15) is 0 Å². The third kappa shape index (κ3) is 2.69. The third-order valence-electron chi connectivity index (χ3n) is 4.07. The molecule has 1 aliphatic heterocycles. The minimum atomic E-state index is 0.168. The molecule has 0 bridgehead atoms. The van der Waals surface area contributed by atoms with E-state index in [1.54, 1.807) is 0 Å². The predicted molar refractivity (Wildman–Crippen MR) is 81.7 cm³/mol. The molecule has 1 aromatic carbocycles. The van der Waals surface area contributed by atoms with Crippen LogP contribution < -0.4 is 5.32 Å². The molecule has 0 radical (unpaired) electrons.